The van der Waals surface area contributed by atoms with Crippen molar-refractivity contribution in [3.8, 4) is 11.3 Å². The molecule has 0 aliphatic carbocycles. The second-order valence-electron chi connectivity index (χ2n) is 6.51. The van der Waals surface area contributed by atoms with Crippen LogP contribution in [0.3, 0.4) is 0 Å². The second-order valence-corrected chi connectivity index (χ2v) is 6.51. The maximum Gasteiger partial charge on any atom is 0.259 e. The summed E-state index contributed by atoms with van der Waals surface area (Å²) in [4.78, 5) is 27.1. The van der Waals surface area contributed by atoms with Crippen LogP contribution in [0.5, 0.6) is 0 Å². The molecule has 0 unspecified atom stereocenters. The van der Waals surface area contributed by atoms with Crippen molar-refractivity contribution in [2.24, 2.45) is 0 Å². The molecule has 2 aromatic rings. The number of pyridine rings is 1. The molecule has 1 aromatic carbocycles. The zero-order valence-corrected chi connectivity index (χ0v) is 15.3. The number of benzene rings is 1. The number of aromatic amines is 1. The quantitative estimate of drug-likeness (QED) is 0.818. The Labute approximate surface area is 143 Å². The van der Waals surface area contributed by atoms with Crippen molar-refractivity contribution in [3.63, 3.8) is 0 Å². The van der Waals surface area contributed by atoms with Gasteiger partial charge < -0.3 is 4.98 Å². The van der Waals surface area contributed by atoms with E-state index < -0.39 is 0 Å². The molecule has 0 aliphatic rings. The van der Waals surface area contributed by atoms with Crippen LogP contribution in [0, 0.1) is 13.8 Å². The molecular weight excluding hydrogens is 298 g/mol. The van der Waals surface area contributed by atoms with Gasteiger partial charge in [0, 0.05) is 0 Å². The Hall–Kier alpha value is -2.42. The summed E-state index contributed by atoms with van der Waals surface area (Å²) >= 11 is 0. The molecule has 24 heavy (non-hydrogen) atoms. The van der Waals surface area contributed by atoms with Crippen LogP contribution in [0.1, 0.15) is 60.3 Å². The largest absolute Gasteiger partial charge is 0.321 e. The predicted octanol–water partition coefficient (Wildman–Crippen LogP) is 4.85. The van der Waals surface area contributed by atoms with Gasteiger partial charge in [-0.05, 0) is 74.9 Å². The van der Waals surface area contributed by atoms with Gasteiger partial charge in [0.2, 0.25) is 0 Å². The van der Waals surface area contributed by atoms with Crippen LogP contribution in [0.15, 0.2) is 28.6 Å². The molecule has 0 saturated heterocycles. The third kappa shape index (κ3) is 3.40. The molecule has 126 valence electrons. The summed E-state index contributed by atoms with van der Waals surface area (Å²) in [5.74, 6) is -0.191. The normalized spacial score (nSPS) is 10.6. The van der Waals surface area contributed by atoms with Crippen molar-refractivity contribution in [2.45, 2.75) is 48.0 Å². The van der Waals surface area contributed by atoms with Crippen LogP contribution in [-0.2, 0) is 6.42 Å². The van der Waals surface area contributed by atoms with E-state index in [4.69, 9.17) is 0 Å². The lowest BCUT2D eigenvalue weighted by molar-refractivity contribution is 0.101. The Kier molecular flexibility index (Phi) is 5.23. The van der Waals surface area contributed by atoms with Gasteiger partial charge in [-0.2, -0.15) is 0 Å². The highest BCUT2D eigenvalue weighted by molar-refractivity contribution is 5.96. The number of allylic oxidation sites excluding steroid dienone is 1. The van der Waals surface area contributed by atoms with Crippen molar-refractivity contribution in [1.82, 2.24) is 4.98 Å². The molecule has 3 heteroatoms. The Bertz CT molecular complexity index is 881. The van der Waals surface area contributed by atoms with Gasteiger partial charge in [-0.1, -0.05) is 30.7 Å². The van der Waals surface area contributed by atoms with Crippen LogP contribution < -0.4 is 5.56 Å². The van der Waals surface area contributed by atoms with E-state index in [9.17, 15) is 9.59 Å². The highest BCUT2D eigenvalue weighted by Gasteiger charge is 2.17. The first kappa shape index (κ1) is 17.9. The average Bonchev–Trinajstić information content (AvgIpc) is 2.48. The maximum absolute atomic E-state index is 12.4. The number of nitrogens with one attached hydrogen (secondary N) is 1. The summed E-state index contributed by atoms with van der Waals surface area (Å²) in [6.45, 7) is 11.6. The summed E-state index contributed by atoms with van der Waals surface area (Å²) in [7, 11) is 0. The minimum Gasteiger partial charge on any atom is -0.321 e. The van der Waals surface area contributed by atoms with Crippen LogP contribution in [0.2, 0.25) is 0 Å². The van der Waals surface area contributed by atoms with E-state index in [1.807, 2.05) is 19.9 Å². The van der Waals surface area contributed by atoms with Crippen molar-refractivity contribution < 1.29 is 4.79 Å². The molecule has 1 aromatic heterocycles. The molecule has 0 atom stereocenters. The second kappa shape index (κ2) is 7.00. The van der Waals surface area contributed by atoms with Gasteiger partial charge in [0.25, 0.3) is 5.56 Å². The lowest BCUT2D eigenvalue weighted by Crippen LogP contribution is -2.21. The van der Waals surface area contributed by atoms with Gasteiger partial charge in [-0.25, -0.2) is 0 Å². The minimum absolute atomic E-state index is 0.191. The van der Waals surface area contributed by atoms with E-state index in [0.29, 0.717) is 0 Å². The molecule has 3 nitrogen and oxygen atoms in total. The fourth-order valence-electron chi connectivity index (χ4n) is 3.13. The summed E-state index contributed by atoms with van der Waals surface area (Å²) in [5.41, 5.74) is 7.11. The van der Waals surface area contributed by atoms with Crippen LogP contribution >= 0.6 is 0 Å². The van der Waals surface area contributed by atoms with E-state index in [1.165, 1.54) is 18.1 Å². The number of aryl methyl sites for hydroxylation is 1. The Balaban J connectivity index is 2.76. The van der Waals surface area contributed by atoms with Crippen LogP contribution in [-0.4, -0.2) is 10.8 Å². The SMILES string of the molecule is CCc1c(-c2ccc(C)c(C=C(C)C)c2)[nH]c(=O)c(C(C)=O)c1C. The third-order valence-corrected chi connectivity index (χ3v) is 4.31. The summed E-state index contributed by atoms with van der Waals surface area (Å²) in [6, 6.07) is 6.19. The van der Waals surface area contributed by atoms with E-state index in [1.54, 1.807) is 0 Å². The number of H-pyrrole nitrogens is 1. The molecule has 0 aliphatic heterocycles. The monoisotopic (exact) mass is 323 g/mol. The predicted molar refractivity (Wildman–Crippen MR) is 101 cm³/mol. The van der Waals surface area contributed by atoms with E-state index in [2.05, 4.69) is 44.0 Å². The number of aromatic nitrogens is 1. The zero-order chi connectivity index (χ0) is 18.0. The first-order valence-corrected chi connectivity index (χ1v) is 8.28. The summed E-state index contributed by atoms with van der Waals surface area (Å²) in [5, 5.41) is 0. The number of rotatable bonds is 4. The molecule has 0 spiro atoms. The molecule has 0 amide bonds. The van der Waals surface area contributed by atoms with Crippen LogP contribution in [0.4, 0.5) is 0 Å². The first-order valence-electron chi connectivity index (χ1n) is 8.28. The fourth-order valence-corrected chi connectivity index (χ4v) is 3.13. The minimum atomic E-state index is -0.309. The lowest BCUT2D eigenvalue weighted by atomic mass is 9.93. The number of carbonyl (C=O) groups is 1. The smallest absolute Gasteiger partial charge is 0.259 e. The van der Waals surface area contributed by atoms with E-state index in [-0.39, 0.29) is 16.9 Å². The molecule has 2 rings (SSSR count). The molecule has 1 N–H and O–H groups in total. The molecule has 0 saturated carbocycles. The van der Waals surface area contributed by atoms with Crippen LogP contribution in [0.25, 0.3) is 17.3 Å². The molecule has 0 bridgehead atoms. The molecule has 0 fully saturated rings. The van der Waals surface area contributed by atoms with Crippen molar-refractivity contribution >= 4 is 11.9 Å². The fraction of sp³-hybridized carbons (Fsp3) is 0.333. The Morgan fingerprint density at radius 1 is 1.17 bits per heavy atom. The summed E-state index contributed by atoms with van der Waals surface area (Å²) < 4.78 is 0. The van der Waals surface area contributed by atoms with Gasteiger partial charge in [0.05, 0.1) is 11.3 Å². The van der Waals surface area contributed by atoms with Gasteiger partial charge >= 0.3 is 0 Å². The van der Waals surface area contributed by atoms with Crippen molar-refractivity contribution in [2.75, 3.05) is 0 Å². The lowest BCUT2D eigenvalue weighted by Gasteiger charge is -2.15. The number of ketones is 1. The number of Topliss-reactive ketones (excluding diaryl/α,β-unsaturated/α-hetero) is 1. The van der Waals surface area contributed by atoms with E-state index in [0.717, 1.165) is 34.4 Å². The standard InChI is InChI=1S/C21H25NO2/c1-7-18-14(5)19(15(6)23)21(24)22-20(18)16-9-8-13(4)17(11-16)10-12(2)3/h8-11H,7H2,1-6H3,(H,22,24). The molecule has 0 radical (unpaired) electrons. The highest BCUT2D eigenvalue weighted by atomic mass is 16.1. The topological polar surface area (TPSA) is 49.9 Å². The van der Waals surface area contributed by atoms with Gasteiger partial charge in [0.1, 0.15) is 0 Å². The molecular formula is C21H25NO2. The highest BCUT2D eigenvalue weighted by Crippen LogP contribution is 2.27. The van der Waals surface area contributed by atoms with Crippen molar-refractivity contribution in [3.05, 3.63) is 61.9 Å². The Morgan fingerprint density at radius 2 is 1.83 bits per heavy atom. The average molecular weight is 323 g/mol. The summed E-state index contributed by atoms with van der Waals surface area (Å²) in [6.07, 6.45) is 2.89. The van der Waals surface area contributed by atoms with Gasteiger partial charge in [0.15, 0.2) is 5.78 Å². The Morgan fingerprint density at radius 3 is 2.38 bits per heavy atom. The third-order valence-electron chi connectivity index (χ3n) is 4.31. The zero-order valence-electron chi connectivity index (χ0n) is 15.3. The van der Waals surface area contributed by atoms with Gasteiger partial charge in [-0.15, -0.1) is 0 Å². The molecule has 1 heterocycles. The van der Waals surface area contributed by atoms with Gasteiger partial charge in [-0.3, -0.25) is 9.59 Å². The number of carbonyl (C=O) groups excluding carboxylic acids is 1. The van der Waals surface area contributed by atoms with Crippen molar-refractivity contribution in [1.29, 1.82) is 0 Å². The number of hydrogen-bond donors (Lipinski definition) is 1. The first-order chi connectivity index (χ1) is 11.3. The van der Waals surface area contributed by atoms with E-state index >= 15 is 0 Å². The maximum atomic E-state index is 12.4. The number of hydrogen-bond acceptors (Lipinski definition) is 2.